The minimum atomic E-state index is -0.290. The fraction of sp³-hybridized carbons (Fsp3) is 0. The van der Waals surface area contributed by atoms with Gasteiger partial charge in [-0.1, -0.05) is 115 Å². The highest BCUT2D eigenvalue weighted by molar-refractivity contribution is 7.25. The van der Waals surface area contributed by atoms with Gasteiger partial charge < -0.3 is 9.32 Å². The lowest BCUT2D eigenvalue weighted by molar-refractivity contribution is 0.669. The molecule has 0 aliphatic carbocycles. The predicted molar refractivity (Wildman–Crippen MR) is 192 cm³/mol. The number of nitrogens with zero attached hydrogens (tertiary/aromatic N) is 1. The molecule has 45 heavy (non-hydrogen) atoms. The third-order valence-electron chi connectivity index (χ3n) is 8.41. The molecule has 0 bridgehead atoms. The fourth-order valence-electron chi connectivity index (χ4n) is 6.33. The molecule has 0 saturated carbocycles. The predicted octanol–water partition coefficient (Wildman–Crippen LogP) is 12.8. The van der Waals surface area contributed by atoms with Crippen LogP contribution in [0.15, 0.2) is 168 Å². The van der Waals surface area contributed by atoms with Crippen LogP contribution in [0.3, 0.4) is 0 Å². The van der Waals surface area contributed by atoms with Crippen LogP contribution in [0.1, 0.15) is 5.48 Å². The lowest BCUT2D eigenvalue weighted by Gasteiger charge is -2.28. The number of anilines is 3. The molecule has 7 aromatic carbocycles. The first-order valence-electron chi connectivity index (χ1n) is 16.9. The minimum absolute atomic E-state index is 0.0929. The monoisotopic (exact) mass is 597 g/mol. The molecule has 3 heteroatoms. The SMILES string of the molecule is [2H]c1c([2H])c([2H])c(N(c2ccc(-c3ccc4c(c3)sc3ccccc34)cc2)c2cccc3oc4ccccc4c23)c(-c2ccccc2)c1[2H]. The van der Waals surface area contributed by atoms with Gasteiger partial charge >= 0.3 is 0 Å². The molecule has 0 unspecified atom stereocenters. The first-order valence-corrected chi connectivity index (χ1v) is 15.7. The van der Waals surface area contributed by atoms with E-state index in [9.17, 15) is 1.37 Å². The van der Waals surface area contributed by atoms with Crippen molar-refractivity contribution in [1.29, 1.82) is 0 Å². The van der Waals surface area contributed by atoms with Crippen LogP contribution in [0.5, 0.6) is 0 Å². The zero-order chi connectivity index (χ0) is 33.2. The Kier molecular flexibility index (Phi) is 5.13. The van der Waals surface area contributed by atoms with Gasteiger partial charge in [-0.05, 0) is 65.2 Å². The van der Waals surface area contributed by atoms with Crippen LogP contribution < -0.4 is 4.90 Å². The van der Waals surface area contributed by atoms with Crippen molar-refractivity contribution in [3.63, 3.8) is 0 Å². The Bertz CT molecular complexity index is 2720. The molecule has 9 aromatic rings. The van der Waals surface area contributed by atoms with Crippen LogP contribution in [0.4, 0.5) is 17.1 Å². The number of hydrogen-bond donors (Lipinski definition) is 0. The number of benzene rings is 7. The van der Waals surface area contributed by atoms with E-state index in [2.05, 4.69) is 54.6 Å². The van der Waals surface area contributed by atoms with Crippen molar-refractivity contribution in [1.82, 2.24) is 0 Å². The summed E-state index contributed by atoms with van der Waals surface area (Å²) in [4.78, 5) is 1.96. The smallest absolute Gasteiger partial charge is 0.137 e. The van der Waals surface area contributed by atoms with Crippen LogP contribution in [-0.2, 0) is 0 Å². The van der Waals surface area contributed by atoms with E-state index in [4.69, 9.17) is 8.53 Å². The van der Waals surface area contributed by atoms with Gasteiger partial charge in [0.05, 0.1) is 22.2 Å². The van der Waals surface area contributed by atoms with Crippen LogP contribution >= 0.6 is 11.3 Å². The van der Waals surface area contributed by atoms with Crippen molar-refractivity contribution in [2.45, 2.75) is 0 Å². The number of thiophene rings is 1. The van der Waals surface area contributed by atoms with Crippen molar-refractivity contribution in [3.8, 4) is 22.3 Å². The highest BCUT2D eigenvalue weighted by Gasteiger charge is 2.21. The topological polar surface area (TPSA) is 16.4 Å². The normalized spacial score (nSPS) is 12.8. The molecule has 0 spiro atoms. The van der Waals surface area contributed by atoms with Crippen molar-refractivity contribution in [2.75, 3.05) is 4.90 Å². The maximum Gasteiger partial charge on any atom is 0.137 e. The van der Waals surface area contributed by atoms with E-state index in [0.717, 1.165) is 38.9 Å². The molecule has 2 nitrogen and oxygen atoms in total. The molecule has 212 valence electrons. The number of furan rings is 1. The maximum atomic E-state index is 9.33. The third-order valence-corrected chi connectivity index (χ3v) is 9.55. The minimum Gasteiger partial charge on any atom is -0.456 e. The lowest BCUT2D eigenvalue weighted by atomic mass is 10.00. The van der Waals surface area contributed by atoms with Crippen LogP contribution in [0.25, 0.3) is 64.4 Å². The van der Waals surface area contributed by atoms with Gasteiger partial charge in [0.1, 0.15) is 11.2 Å². The Hall–Kier alpha value is -5.64. The summed E-state index contributed by atoms with van der Waals surface area (Å²) in [5, 5.41) is 4.30. The van der Waals surface area contributed by atoms with Gasteiger partial charge in [-0.3, -0.25) is 0 Å². The molecule has 0 atom stereocenters. The number of rotatable bonds is 5. The summed E-state index contributed by atoms with van der Waals surface area (Å²) in [6.07, 6.45) is 0. The zero-order valence-electron chi connectivity index (χ0n) is 28.0. The second kappa shape index (κ2) is 10.5. The first kappa shape index (κ1) is 22.0. The highest BCUT2D eigenvalue weighted by atomic mass is 32.1. The molecule has 0 amide bonds. The van der Waals surface area contributed by atoms with E-state index in [1.165, 1.54) is 20.2 Å². The van der Waals surface area contributed by atoms with Crippen molar-refractivity contribution < 1.29 is 9.90 Å². The Morgan fingerprint density at radius 2 is 1.22 bits per heavy atom. The van der Waals surface area contributed by atoms with Gasteiger partial charge in [-0.15, -0.1) is 11.3 Å². The Morgan fingerprint density at radius 3 is 2.11 bits per heavy atom. The van der Waals surface area contributed by atoms with Gasteiger partial charge in [-0.2, -0.15) is 0 Å². The van der Waals surface area contributed by atoms with Crippen LogP contribution in [0, 0.1) is 0 Å². The molecule has 0 aliphatic heterocycles. The molecule has 0 fully saturated rings. The van der Waals surface area contributed by atoms with E-state index < -0.39 is 0 Å². The molecule has 0 N–H and O–H groups in total. The third kappa shape index (κ3) is 4.32. The summed E-state index contributed by atoms with van der Waals surface area (Å²) in [5.74, 6) is 0. The molecule has 0 aliphatic rings. The molecule has 0 radical (unpaired) electrons. The van der Waals surface area contributed by atoms with Gasteiger partial charge in [0.2, 0.25) is 0 Å². The maximum absolute atomic E-state index is 9.33. The largest absolute Gasteiger partial charge is 0.456 e. The molecule has 9 rings (SSSR count). The second-order valence-corrected chi connectivity index (χ2v) is 12.1. The summed E-state index contributed by atoms with van der Waals surface area (Å²) in [7, 11) is 0. The van der Waals surface area contributed by atoms with Crippen LogP contribution in [-0.4, -0.2) is 0 Å². The van der Waals surface area contributed by atoms with E-state index in [0.29, 0.717) is 22.4 Å². The summed E-state index contributed by atoms with van der Waals surface area (Å²) < 4.78 is 44.6. The number of fused-ring (bicyclic) bond motifs is 6. The van der Waals surface area contributed by atoms with Gasteiger partial charge in [0.15, 0.2) is 0 Å². The first-order chi connectivity index (χ1) is 24.0. The van der Waals surface area contributed by atoms with E-state index in [1.807, 2.05) is 89.8 Å². The number of hydrogen-bond acceptors (Lipinski definition) is 3. The van der Waals surface area contributed by atoms with Crippen molar-refractivity contribution in [3.05, 3.63) is 164 Å². The van der Waals surface area contributed by atoms with Gasteiger partial charge in [0, 0.05) is 36.8 Å². The molecular formula is C42H27NOS. The van der Waals surface area contributed by atoms with E-state index >= 15 is 0 Å². The number of para-hydroxylation sites is 2. The fourth-order valence-corrected chi connectivity index (χ4v) is 7.47. The Balaban J connectivity index is 1.29. The second-order valence-electron chi connectivity index (χ2n) is 11.0. The Labute approximate surface area is 270 Å². The molecule has 2 heterocycles. The lowest BCUT2D eigenvalue weighted by Crippen LogP contribution is -2.11. The zero-order valence-corrected chi connectivity index (χ0v) is 24.9. The van der Waals surface area contributed by atoms with E-state index in [1.54, 1.807) is 11.3 Å². The standard InChI is InChI=1S/C42H27NOS/c1-2-11-29(12-3-1)32-13-4-7-16-36(32)43(37-17-10-19-39-42(37)35-15-5-8-18-38(35)44-39)31-24-21-28(22-25-31)30-23-26-34-33-14-6-9-20-40(33)45-41(34)27-30/h1-27H/i4D,7D,13D,16D. The quantitative estimate of drug-likeness (QED) is 0.196. The molecular weight excluding hydrogens is 567 g/mol. The van der Waals surface area contributed by atoms with Crippen molar-refractivity contribution >= 4 is 70.5 Å². The summed E-state index contributed by atoms with van der Waals surface area (Å²) >= 11 is 1.79. The van der Waals surface area contributed by atoms with E-state index in [-0.39, 0.29) is 24.2 Å². The average molecular weight is 598 g/mol. The van der Waals surface area contributed by atoms with Crippen LogP contribution in [0.2, 0.25) is 0 Å². The van der Waals surface area contributed by atoms with Crippen molar-refractivity contribution in [2.24, 2.45) is 0 Å². The Morgan fingerprint density at radius 1 is 0.511 bits per heavy atom. The summed E-state index contributed by atoms with van der Waals surface area (Å²) in [5.41, 5.74) is 6.60. The van der Waals surface area contributed by atoms with Gasteiger partial charge in [0.25, 0.3) is 0 Å². The molecule has 2 aromatic heterocycles. The summed E-state index contributed by atoms with van der Waals surface area (Å²) in [6, 6.07) is 45.7. The van der Waals surface area contributed by atoms with Gasteiger partial charge in [-0.25, -0.2) is 0 Å². The average Bonchev–Trinajstić information content (AvgIpc) is 3.72. The highest BCUT2D eigenvalue weighted by Crippen LogP contribution is 2.46. The summed E-state index contributed by atoms with van der Waals surface area (Å²) in [6.45, 7) is 0. The molecule has 0 saturated heterocycles.